The number of hydrogen-bond acceptors (Lipinski definition) is 2. The van der Waals surface area contributed by atoms with Gasteiger partial charge in [-0.25, -0.2) is 4.39 Å². The molecule has 3 heteroatoms. The Bertz CT molecular complexity index is 578. The van der Waals surface area contributed by atoms with Crippen molar-refractivity contribution < 1.29 is 4.39 Å². The summed E-state index contributed by atoms with van der Waals surface area (Å²) in [5, 5.41) is 3.23. The van der Waals surface area contributed by atoms with Crippen LogP contribution < -0.4 is 10.2 Å². The predicted molar refractivity (Wildman–Crippen MR) is 87.1 cm³/mol. The largest absolute Gasteiger partial charge is 0.370 e. The lowest BCUT2D eigenvalue weighted by Gasteiger charge is -2.20. The second-order valence-electron chi connectivity index (χ2n) is 5.44. The van der Waals surface area contributed by atoms with E-state index in [1.54, 1.807) is 12.1 Å². The molecule has 0 spiro atoms. The lowest BCUT2D eigenvalue weighted by molar-refractivity contribution is 0.621. The summed E-state index contributed by atoms with van der Waals surface area (Å²) < 4.78 is 13.8. The van der Waals surface area contributed by atoms with E-state index in [0.29, 0.717) is 6.54 Å². The molecule has 0 radical (unpaired) electrons. The van der Waals surface area contributed by atoms with E-state index >= 15 is 0 Å². The zero-order valence-electron chi connectivity index (χ0n) is 13.0. The molecule has 112 valence electrons. The maximum Gasteiger partial charge on any atom is 0.125 e. The first kappa shape index (κ1) is 15.5. The summed E-state index contributed by atoms with van der Waals surface area (Å²) in [6.45, 7) is 6.46. The normalized spacial score (nSPS) is 10.7. The van der Waals surface area contributed by atoms with Crippen LogP contribution in [0.4, 0.5) is 10.1 Å². The first-order chi connectivity index (χ1) is 10.1. The summed E-state index contributed by atoms with van der Waals surface area (Å²) >= 11 is 0. The second-order valence-corrected chi connectivity index (χ2v) is 5.44. The minimum atomic E-state index is -0.184. The molecule has 1 N–H and O–H groups in total. The van der Waals surface area contributed by atoms with Crippen molar-refractivity contribution in [1.29, 1.82) is 0 Å². The van der Waals surface area contributed by atoms with E-state index in [4.69, 9.17) is 0 Å². The fourth-order valence-corrected chi connectivity index (χ4v) is 2.28. The molecule has 2 aromatic carbocycles. The molecule has 0 saturated carbocycles. The topological polar surface area (TPSA) is 15.3 Å². The van der Waals surface area contributed by atoms with Gasteiger partial charge in [0.25, 0.3) is 0 Å². The number of halogens is 1. The molecule has 0 fully saturated rings. The minimum absolute atomic E-state index is 0.184. The van der Waals surface area contributed by atoms with Gasteiger partial charge in [0, 0.05) is 25.8 Å². The van der Waals surface area contributed by atoms with Crippen molar-refractivity contribution in [2.45, 2.75) is 26.9 Å². The highest BCUT2D eigenvalue weighted by atomic mass is 19.1. The fraction of sp³-hybridized carbons (Fsp3) is 0.333. The summed E-state index contributed by atoms with van der Waals surface area (Å²) in [6, 6.07) is 13.7. The van der Waals surface area contributed by atoms with Crippen molar-refractivity contribution in [3.05, 3.63) is 65.0 Å². The van der Waals surface area contributed by atoms with Gasteiger partial charge in [-0.05, 0) is 42.8 Å². The fourth-order valence-electron chi connectivity index (χ4n) is 2.28. The Kier molecular flexibility index (Phi) is 5.34. The molecular formula is C18H23FN2. The molecule has 2 nitrogen and oxygen atoms in total. The third kappa shape index (κ3) is 4.57. The quantitative estimate of drug-likeness (QED) is 0.867. The Morgan fingerprint density at radius 2 is 1.76 bits per heavy atom. The van der Waals surface area contributed by atoms with Gasteiger partial charge in [-0.2, -0.15) is 0 Å². The first-order valence-corrected chi connectivity index (χ1v) is 7.35. The molecule has 0 aliphatic carbocycles. The molecule has 0 bridgehead atoms. The van der Waals surface area contributed by atoms with Gasteiger partial charge in [0.05, 0.1) is 0 Å². The average molecular weight is 286 g/mol. The van der Waals surface area contributed by atoms with E-state index in [0.717, 1.165) is 24.3 Å². The van der Waals surface area contributed by atoms with Crippen molar-refractivity contribution in [3.8, 4) is 0 Å². The molecule has 0 aromatic heterocycles. The second kappa shape index (κ2) is 7.23. The van der Waals surface area contributed by atoms with Gasteiger partial charge in [0.1, 0.15) is 5.82 Å². The SMILES string of the molecule is CCNCc1cc(F)cc(N(C)Cc2ccc(C)cc2)c1. The number of benzene rings is 2. The maximum absolute atomic E-state index is 13.8. The minimum Gasteiger partial charge on any atom is -0.370 e. The van der Waals surface area contributed by atoms with E-state index in [-0.39, 0.29) is 5.82 Å². The van der Waals surface area contributed by atoms with E-state index in [2.05, 4.69) is 41.4 Å². The van der Waals surface area contributed by atoms with Crippen LogP contribution in [0.3, 0.4) is 0 Å². The lowest BCUT2D eigenvalue weighted by atomic mass is 10.1. The van der Waals surface area contributed by atoms with E-state index in [1.165, 1.54) is 11.1 Å². The Labute approximate surface area is 126 Å². The standard InChI is InChI=1S/C18H23FN2/c1-4-20-12-16-9-17(19)11-18(10-16)21(3)13-15-7-5-14(2)6-8-15/h5-11,20H,4,12-13H2,1-3H3. The number of aryl methyl sites for hydroxylation is 1. The van der Waals surface area contributed by atoms with Gasteiger partial charge in [0.15, 0.2) is 0 Å². The van der Waals surface area contributed by atoms with Crippen LogP contribution in [0, 0.1) is 12.7 Å². The number of anilines is 1. The van der Waals surface area contributed by atoms with Gasteiger partial charge in [-0.3, -0.25) is 0 Å². The third-order valence-corrected chi connectivity index (χ3v) is 3.50. The van der Waals surface area contributed by atoms with Crippen LogP contribution >= 0.6 is 0 Å². The van der Waals surface area contributed by atoms with Crippen molar-refractivity contribution in [3.63, 3.8) is 0 Å². The number of rotatable bonds is 6. The zero-order valence-corrected chi connectivity index (χ0v) is 13.0. The zero-order chi connectivity index (χ0) is 15.2. The molecule has 2 aromatic rings. The van der Waals surface area contributed by atoms with Gasteiger partial charge in [0.2, 0.25) is 0 Å². The van der Waals surface area contributed by atoms with Crippen LogP contribution in [0.15, 0.2) is 42.5 Å². The molecular weight excluding hydrogens is 263 g/mol. The summed E-state index contributed by atoms with van der Waals surface area (Å²) in [5.41, 5.74) is 4.35. The third-order valence-electron chi connectivity index (χ3n) is 3.50. The Hall–Kier alpha value is -1.87. The van der Waals surface area contributed by atoms with Gasteiger partial charge < -0.3 is 10.2 Å². The smallest absolute Gasteiger partial charge is 0.125 e. The highest BCUT2D eigenvalue weighted by Crippen LogP contribution is 2.19. The van der Waals surface area contributed by atoms with Crippen molar-refractivity contribution in [2.24, 2.45) is 0 Å². The van der Waals surface area contributed by atoms with Crippen LogP contribution in [-0.4, -0.2) is 13.6 Å². The van der Waals surface area contributed by atoms with Gasteiger partial charge in [-0.15, -0.1) is 0 Å². The van der Waals surface area contributed by atoms with Gasteiger partial charge in [-0.1, -0.05) is 36.8 Å². The molecule has 0 heterocycles. The van der Waals surface area contributed by atoms with Crippen LogP contribution in [0.1, 0.15) is 23.6 Å². The molecule has 21 heavy (non-hydrogen) atoms. The van der Waals surface area contributed by atoms with E-state index in [9.17, 15) is 4.39 Å². The first-order valence-electron chi connectivity index (χ1n) is 7.35. The van der Waals surface area contributed by atoms with E-state index < -0.39 is 0 Å². The molecule has 0 aliphatic rings. The Morgan fingerprint density at radius 1 is 1.05 bits per heavy atom. The number of nitrogens with zero attached hydrogens (tertiary/aromatic N) is 1. The Morgan fingerprint density at radius 3 is 2.43 bits per heavy atom. The number of hydrogen-bond donors (Lipinski definition) is 1. The number of nitrogens with one attached hydrogen (secondary N) is 1. The van der Waals surface area contributed by atoms with E-state index in [1.807, 2.05) is 20.0 Å². The van der Waals surface area contributed by atoms with Crippen molar-refractivity contribution >= 4 is 5.69 Å². The highest BCUT2D eigenvalue weighted by Gasteiger charge is 2.06. The molecule has 0 saturated heterocycles. The molecule has 0 aliphatic heterocycles. The summed E-state index contributed by atoms with van der Waals surface area (Å²) in [6.07, 6.45) is 0. The molecule has 0 amide bonds. The van der Waals surface area contributed by atoms with Crippen LogP contribution in [0.5, 0.6) is 0 Å². The van der Waals surface area contributed by atoms with Crippen LogP contribution in [0.25, 0.3) is 0 Å². The highest BCUT2D eigenvalue weighted by molar-refractivity contribution is 5.49. The monoisotopic (exact) mass is 286 g/mol. The molecule has 0 atom stereocenters. The van der Waals surface area contributed by atoms with Crippen molar-refractivity contribution in [1.82, 2.24) is 5.32 Å². The maximum atomic E-state index is 13.8. The summed E-state index contributed by atoms with van der Waals surface area (Å²) in [5.74, 6) is -0.184. The Balaban J connectivity index is 2.12. The van der Waals surface area contributed by atoms with Crippen LogP contribution in [0.2, 0.25) is 0 Å². The predicted octanol–water partition coefficient (Wildman–Crippen LogP) is 3.88. The van der Waals surface area contributed by atoms with Gasteiger partial charge >= 0.3 is 0 Å². The average Bonchev–Trinajstić information content (AvgIpc) is 2.47. The molecule has 2 rings (SSSR count). The summed E-state index contributed by atoms with van der Waals surface area (Å²) in [4.78, 5) is 2.07. The lowest BCUT2D eigenvalue weighted by Crippen LogP contribution is -2.18. The van der Waals surface area contributed by atoms with Crippen LogP contribution in [-0.2, 0) is 13.1 Å². The summed E-state index contributed by atoms with van der Waals surface area (Å²) in [7, 11) is 1.99. The molecule has 0 unspecified atom stereocenters. The van der Waals surface area contributed by atoms with Crippen molar-refractivity contribution in [2.75, 3.05) is 18.5 Å².